The van der Waals surface area contributed by atoms with E-state index in [2.05, 4.69) is 206 Å². The average molecular weight is 943 g/mol. The predicted molar refractivity (Wildman–Crippen MR) is 307 cm³/mol. The van der Waals surface area contributed by atoms with Crippen LogP contribution in [0.4, 0.5) is 0 Å². The van der Waals surface area contributed by atoms with E-state index in [0.717, 1.165) is 78.4 Å². The van der Waals surface area contributed by atoms with Crippen molar-refractivity contribution in [1.29, 1.82) is 0 Å². The van der Waals surface area contributed by atoms with Crippen molar-refractivity contribution < 1.29 is 0 Å². The van der Waals surface area contributed by atoms with Crippen LogP contribution in [0.15, 0.2) is 279 Å². The van der Waals surface area contributed by atoms with Crippen LogP contribution >= 0.6 is 0 Å². The minimum Gasteiger partial charge on any atom is -0.228 e. The van der Waals surface area contributed by atoms with Crippen LogP contribution in [-0.4, -0.2) is 19.9 Å². The predicted octanol–water partition coefficient (Wildman–Crippen LogP) is 18.2. The number of fused-ring (bicyclic) bond motifs is 2. The Balaban J connectivity index is 0.915. The first-order chi connectivity index (χ1) is 36.7. The summed E-state index contributed by atoms with van der Waals surface area (Å²) in [5, 5.41) is 4.78. The van der Waals surface area contributed by atoms with Crippen LogP contribution in [0.1, 0.15) is 0 Å². The fourth-order valence-electron chi connectivity index (χ4n) is 10.2. The molecule has 0 spiro atoms. The molecule has 0 bridgehead atoms. The molecule has 4 heteroatoms. The zero-order valence-corrected chi connectivity index (χ0v) is 40.3. The van der Waals surface area contributed by atoms with E-state index in [1.165, 1.54) is 43.8 Å². The molecule has 0 saturated heterocycles. The Morgan fingerprint density at radius 2 is 0.405 bits per heavy atom. The van der Waals surface area contributed by atoms with Crippen molar-refractivity contribution >= 4 is 21.5 Å². The molecule has 13 rings (SSSR count). The third kappa shape index (κ3) is 8.61. The lowest BCUT2D eigenvalue weighted by Gasteiger charge is -2.20. The number of hydrogen-bond acceptors (Lipinski definition) is 4. The van der Waals surface area contributed by atoms with Gasteiger partial charge in [-0.25, -0.2) is 19.9 Å². The molecule has 0 aliphatic rings. The second-order valence-electron chi connectivity index (χ2n) is 18.5. The smallest absolute Gasteiger partial charge is 0.160 e. The number of benzene rings is 11. The van der Waals surface area contributed by atoms with Gasteiger partial charge in [0.05, 0.1) is 22.8 Å². The van der Waals surface area contributed by atoms with Gasteiger partial charge in [0.2, 0.25) is 0 Å². The van der Waals surface area contributed by atoms with Crippen LogP contribution in [0, 0.1) is 0 Å². The van der Waals surface area contributed by atoms with Gasteiger partial charge in [0.25, 0.3) is 0 Å². The van der Waals surface area contributed by atoms with Crippen LogP contribution in [0.2, 0.25) is 0 Å². The van der Waals surface area contributed by atoms with Gasteiger partial charge < -0.3 is 0 Å². The summed E-state index contributed by atoms with van der Waals surface area (Å²) in [6.45, 7) is 0. The summed E-state index contributed by atoms with van der Waals surface area (Å²) in [7, 11) is 0. The minimum absolute atomic E-state index is 0.691. The normalized spacial score (nSPS) is 11.2. The first-order valence-corrected chi connectivity index (χ1v) is 25.0. The van der Waals surface area contributed by atoms with Crippen LogP contribution in [0.5, 0.6) is 0 Å². The lowest BCUT2D eigenvalue weighted by atomic mass is 9.84. The molecule has 0 N–H and O–H groups in total. The topological polar surface area (TPSA) is 51.6 Å². The van der Waals surface area contributed by atoms with Crippen LogP contribution in [-0.2, 0) is 0 Å². The molecule has 13 aromatic rings. The Morgan fingerprint density at radius 3 is 0.689 bits per heavy atom. The number of aromatic nitrogens is 4. The fourth-order valence-corrected chi connectivity index (χ4v) is 10.2. The SMILES string of the molecule is c1ccc(-c2cc(-c3ccccc3)nc(-c3ccc(-c4ccc5c(-c6ccccc6)c6cc(-c7ccc(-c8nc(-c9ccccc9)cc(-c9ccccc9)n8)cc7)ccc6c(-c6ccccc6)c5c4)cc3)n2)cc1. The fraction of sp³-hybridized carbons (Fsp3) is 0. The summed E-state index contributed by atoms with van der Waals surface area (Å²) in [6.07, 6.45) is 0. The molecule has 346 valence electrons. The summed E-state index contributed by atoms with van der Waals surface area (Å²) >= 11 is 0. The zero-order chi connectivity index (χ0) is 49.2. The molecule has 0 aliphatic heterocycles. The van der Waals surface area contributed by atoms with Crippen molar-refractivity contribution in [1.82, 2.24) is 19.9 Å². The molecule has 2 aromatic heterocycles. The maximum atomic E-state index is 5.11. The van der Waals surface area contributed by atoms with Crippen LogP contribution in [0.25, 0.3) is 134 Å². The van der Waals surface area contributed by atoms with Crippen LogP contribution in [0.3, 0.4) is 0 Å². The van der Waals surface area contributed by atoms with Gasteiger partial charge in [-0.2, -0.15) is 0 Å². The quantitative estimate of drug-likeness (QED) is 0.128. The van der Waals surface area contributed by atoms with Crippen molar-refractivity contribution in [3.05, 3.63) is 279 Å². The van der Waals surface area contributed by atoms with Crippen molar-refractivity contribution in [2.45, 2.75) is 0 Å². The van der Waals surface area contributed by atoms with E-state index in [0.29, 0.717) is 11.6 Å². The Bertz CT molecular complexity index is 3720. The van der Waals surface area contributed by atoms with Crippen molar-refractivity contribution in [2.75, 3.05) is 0 Å². The van der Waals surface area contributed by atoms with E-state index in [-0.39, 0.29) is 0 Å². The number of nitrogens with zero attached hydrogens (tertiary/aromatic N) is 4. The monoisotopic (exact) mass is 942 g/mol. The van der Waals surface area contributed by atoms with Gasteiger partial charge in [-0.1, -0.05) is 255 Å². The van der Waals surface area contributed by atoms with Crippen LogP contribution < -0.4 is 0 Å². The molecular formula is C70H46N4. The first kappa shape index (κ1) is 44.1. The Hall–Kier alpha value is -9.90. The van der Waals surface area contributed by atoms with Gasteiger partial charge in [0.15, 0.2) is 11.6 Å². The molecule has 0 atom stereocenters. The van der Waals surface area contributed by atoms with Gasteiger partial charge in [-0.3, -0.25) is 0 Å². The Labute approximate surface area is 430 Å². The molecule has 2 heterocycles. The van der Waals surface area contributed by atoms with E-state index in [4.69, 9.17) is 19.9 Å². The van der Waals surface area contributed by atoms with Gasteiger partial charge in [-0.05, 0) is 90.3 Å². The third-order valence-electron chi connectivity index (χ3n) is 13.9. The third-order valence-corrected chi connectivity index (χ3v) is 13.9. The zero-order valence-electron chi connectivity index (χ0n) is 40.3. The van der Waals surface area contributed by atoms with E-state index < -0.39 is 0 Å². The molecular weight excluding hydrogens is 897 g/mol. The van der Waals surface area contributed by atoms with Crippen molar-refractivity contribution in [2.24, 2.45) is 0 Å². The minimum atomic E-state index is 0.691. The number of hydrogen-bond donors (Lipinski definition) is 0. The van der Waals surface area contributed by atoms with Crippen molar-refractivity contribution in [3.63, 3.8) is 0 Å². The second kappa shape index (κ2) is 19.4. The van der Waals surface area contributed by atoms with Crippen molar-refractivity contribution in [3.8, 4) is 112 Å². The second-order valence-corrected chi connectivity index (χ2v) is 18.5. The lowest BCUT2D eigenvalue weighted by molar-refractivity contribution is 1.18. The molecule has 0 amide bonds. The molecule has 11 aromatic carbocycles. The molecule has 0 aliphatic carbocycles. The van der Waals surface area contributed by atoms with E-state index in [1.54, 1.807) is 0 Å². The van der Waals surface area contributed by atoms with E-state index in [1.807, 2.05) is 72.8 Å². The molecule has 0 fully saturated rings. The van der Waals surface area contributed by atoms with Gasteiger partial charge in [-0.15, -0.1) is 0 Å². The Kier molecular flexibility index (Phi) is 11.5. The van der Waals surface area contributed by atoms with Gasteiger partial charge in [0, 0.05) is 33.4 Å². The van der Waals surface area contributed by atoms with Gasteiger partial charge >= 0.3 is 0 Å². The summed E-state index contributed by atoms with van der Waals surface area (Å²) in [6, 6.07) is 98.5. The molecule has 74 heavy (non-hydrogen) atoms. The summed E-state index contributed by atoms with van der Waals surface area (Å²) in [5.74, 6) is 1.38. The average Bonchev–Trinajstić information content (AvgIpc) is 3.49. The molecule has 0 unspecified atom stereocenters. The maximum Gasteiger partial charge on any atom is 0.160 e. The highest BCUT2D eigenvalue weighted by Crippen LogP contribution is 2.46. The summed E-state index contributed by atoms with van der Waals surface area (Å²) in [4.78, 5) is 20.4. The summed E-state index contributed by atoms with van der Waals surface area (Å²) < 4.78 is 0. The van der Waals surface area contributed by atoms with Gasteiger partial charge in [0.1, 0.15) is 0 Å². The molecule has 0 saturated carbocycles. The summed E-state index contributed by atoms with van der Waals surface area (Å²) in [5.41, 5.74) is 19.0. The molecule has 0 radical (unpaired) electrons. The highest BCUT2D eigenvalue weighted by molar-refractivity contribution is 6.22. The lowest BCUT2D eigenvalue weighted by Crippen LogP contribution is -1.96. The standard InChI is InChI=1S/C70H46N4/c1-7-19-49(20-8-1)63-45-64(50-21-9-2-10-22-50)72-69(71-63)55-35-31-47(32-36-55)57-39-41-59-61(43-57)67(53-27-15-5-16-28-53)60-42-40-58(44-62(60)68(59)54-29-17-6-18-30-54)48-33-37-56(38-34-48)70-73-65(51-23-11-3-12-24-51)46-66(74-70)52-25-13-4-14-26-52/h1-46H. The largest absolute Gasteiger partial charge is 0.228 e. The Morgan fingerprint density at radius 1 is 0.162 bits per heavy atom. The van der Waals surface area contributed by atoms with E-state index >= 15 is 0 Å². The first-order valence-electron chi connectivity index (χ1n) is 25.0. The highest BCUT2D eigenvalue weighted by atomic mass is 14.9. The molecule has 4 nitrogen and oxygen atoms in total. The number of rotatable bonds is 10. The van der Waals surface area contributed by atoms with E-state index in [9.17, 15) is 0 Å². The highest BCUT2D eigenvalue weighted by Gasteiger charge is 2.20. The maximum absolute atomic E-state index is 5.11.